The number of piperidine rings is 1. The first-order valence-corrected chi connectivity index (χ1v) is 12.0. The van der Waals surface area contributed by atoms with Gasteiger partial charge in [0, 0.05) is 43.0 Å². The lowest BCUT2D eigenvalue weighted by molar-refractivity contribution is -0.122. The number of hydrogen-bond acceptors (Lipinski definition) is 4. The highest BCUT2D eigenvalue weighted by molar-refractivity contribution is 14.0. The average Bonchev–Trinajstić information content (AvgIpc) is 3.30. The van der Waals surface area contributed by atoms with Crippen molar-refractivity contribution in [3.8, 4) is 0 Å². The Morgan fingerprint density at radius 2 is 2.00 bits per heavy atom. The van der Waals surface area contributed by atoms with Crippen LogP contribution < -0.4 is 16.0 Å². The third kappa shape index (κ3) is 7.09. The van der Waals surface area contributed by atoms with Crippen molar-refractivity contribution in [2.45, 2.75) is 63.3 Å². The van der Waals surface area contributed by atoms with Crippen molar-refractivity contribution in [3.05, 3.63) is 22.4 Å². The van der Waals surface area contributed by atoms with Crippen molar-refractivity contribution in [2.75, 3.05) is 39.8 Å². The van der Waals surface area contributed by atoms with Gasteiger partial charge >= 0.3 is 0 Å². The molecule has 1 saturated carbocycles. The van der Waals surface area contributed by atoms with Crippen molar-refractivity contribution >= 4 is 47.2 Å². The van der Waals surface area contributed by atoms with E-state index in [1.54, 1.807) is 7.05 Å². The number of thiophene rings is 1. The number of aliphatic imine (C=N–C) groups is 1. The van der Waals surface area contributed by atoms with E-state index in [4.69, 9.17) is 4.99 Å². The number of carbonyl (C=O) groups is 1. The van der Waals surface area contributed by atoms with Crippen LogP contribution in [0.5, 0.6) is 0 Å². The minimum atomic E-state index is 0. The number of likely N-dealkylation sites (N-methyl/N-ethyl adjacent to an activating group) is 1. The Morgan fingerprint density at radius 3 is 2.60 bits per heavy atom. The first-order chi connectivity index (χ1) is 14.1. The van der Waals surface area contributed by atoms with Crippen LogP contribution in [0.3, 0.4) is 0 Å². The predicted molar refractivity (Wildman–Crippen MR) is 137 cm³/mol. The number of guanidine groups is 1. The maximum Gasteiger partial charge on any atom is 0.233 e. The summed E-state index contributed by atoms with van der Waals surface area (Å²) in [5, 5.41) is 12.0. The van der Waals surface area contributed by atoms with E-state index in [9.17, 15) is 4.79 Å². The van der Waals surface area contributed by atoms with Crippen LogP contribution in [0.2, 0.25) is 0 Å². The minimum Gasteiger partial charge on any atom is -0.358 e. The van der Waals surface area contributed by atoms with Crippen molar-refractivity contribution in [1.29, 1.82) is 0 Å². The number of amides is 1. The zero-order chi connectivity index (χ0) is 20.5. The molecule has 3 rings (SSSR count). The van der Waals surface area contributed by atoms with Crippen LogP contribution in [0.4, 0.5) is 0 Å². The fourth-order valence-corrected chi connectivity index (χ4v) is 5.53. The molecule has 2 aliphatic rings. The van der Waals surface area contributed by atoms with Crippen LogP contribution in [0.25, 0.3) is 0 Å². The summed E-state index contributed by atoms with van der Waals surface area (Å²) in [6.07, 6.45) is 8.53. The predicted octanol–water partition coefficient (Wildman–Crippen LogP) is 3.33. The Kier molecular flexibility index (Phi) is 10.9. The van der Waals surface area contributed by atoms with Gasteiger partial charge < -0.3 is 16.0 Å². The van der Waals surface area contributed by atoms with Crippen LogP contribution in [0.15, 0.2) is 22.5 Å². The zero-order valence-corrected chi connectivity index (χ0v) is 21.6. The topological polar surface area (TPSA) is 68.8 Å². The smallest absolute Gasteiger partial charge is 0.233 e. The Balaban J connectivity index is 0.00000320. The van der Waals surface area contributed by atoms with Crippen LogP contribution in [0, 0.1) is 0 Å². The van der Waals surface area contributed by atoms with E-state index < -0.39 is 0 Å². The monoisotopic (exact) mass is 547 g/mol. The molecule has 0 radical (unpaired) electrons. The molecular formula is C22H38IN5OS. The number of nitrogens with zero attached hydrogens (tertiary/aromatic N) is 2. The summed E-state index contributed by atoms with van der Waals surface area (Å²) in [7, 11) is 1.70. The second kappa shape index (κ2) is 12.9. The highest BCUT2D eigenvalue weighted by Crippen LogP contribution is 2.41. The first kappa shape index (κ1) is 25.4. The Labute approximate surface area is 202 Å². The Hall–Kier alpha value is -0.870. The van der Waals surface area contributed by atoms with Crippen LogP contribution in [-0.2, 0) is 10.2 Å². The number of nitrogens with one attached hydrogen (secondary N) is 3. The molecule has 1 saturated heterocycles. The van der Waals surface area contributed by atoms with Gasteiger partial charge in [-0.2, -0.15) is 0 Å². The maximum atomic E-state index is 11.6. The number of halogens is 1. The SMILES string of the molecule is CCNC(=NCC1(c2cccs2)CCCCC1)NC1CCN(CC(=O)NC)CC1.I. The van der Waals surface area contributed by atoms with Crippen LogP contribution in [0.1, 0.15) is 56.7 Å². The van der Waals surface area contributed by atoms with Gasteiger partial charge in [0.05, 0.1) is 13.1 Å². The summed E-state index contributed by atoms with van der Waals surface area (Å²) in [5.74, 6) is 1.04. The molecule has 3 N–H and O–H groups in total. The molecule has 1 aliphatic heterocycles. The van der Waals surface area contributed by atoms with E-state index in [0.29, 0.717) is 12.6 Å². The fourth-order valence-electron chi connectivity index (χ4n) is 4.55. The van der Waals surface area contributed by atoms with Gasteiger partial charge in [0.25, 0.3) is 0 Å². The Bertz CT molecular complexity index is 652. The van der Waals surface area contributed by atoms with Crippen molar-refractivity contribution in [1.82, 2.24) is 20.9 Å². The van der Waals surface area contributed by atoms with Crippen LogP contribution in [-0.4, -0.2) is 62.6 Å². The van der Waals surface area contributed by atoms with E-state index in [2.05, 4.69) is 45.3 Å². The molecule has 170 valence electrons. The summed E-state index contributed by atoms with van der Waals surface area (Å²) < 4.78 is 0. The summed E-state index contributed by atoms with van der Waals surface area (Å²) in [6.45, 7) is 6.25. The second-order valence-corrected chi connectivity index (χ2v) is 9.33. The molecule has 0 unspecified atom stereocenters. The second-order valence-electron chi connectivity index (χ2n) is 8.38. The van der Waals surface area contributed by atoms with Gasteiger partial charge in [-0.15, -0.1) is 35.3 Å². The third-order valence-electron chi connectivity index (χ3n) is 6.31. The summed E-state index contributed by atoms with van der Waals surface area (Å²) >= 11 is 1.89. The lowest BCUT2D eigenvalue weighted by Crippen LogP contribution is -2.50. The first-order valence-electron chi connectivity index (χ1n) is 11.2. The third-order valence-corrected chi connectivity index (χ3v) is 7.43. The molecule has 1 aliphatic carbocycles. The van der Waals surface area contributed by atoms with Gasteiger partial charge in [0.1, 0.15) is 0 Å². The van der Waals surface area contributed by atoms with E-state index >= 15 is 0 Å². The van der Waals surface area contributed by atoms with Gasteiger partial charge in [-0.05, 0) is 44.1 Å². The summed E-state index contributed by atoms with van der Waals surface area (Å²) in [6, 6.07) is 4.89. The van der Waals surface area contributed by atoms with Gasteiger partial charge in [-0.3, -0.25) is 14.7 Å². The molecule has 2 fully saturated rings. The number of rotatable bonds is 7. The van der Waals surface area contributed by atoms with E-state index in [1.807, 2.05) is 11.3 Å². The Morgan fingerprint density at radius 1 is 1.27 bits per heavy atom. The molecule has 6 nitrogen and oxygen atoms in total. The normalized spacial score (nSPS) is 20.3. The molecule has 1 aromatic heterocycles. The van der Waals surface area contributed by atoms with Crippen molar-refractivity contribution in [2.24, 2.45) is 4.99 Å². The maximum absolute atomic E-state index is 11.6. The van der Waals surface area contributed by atoms with E-state index in [1.165, 1.54) is 37.0 Å². The summed E-state index contributed by atoms with van der Waals surface area (Å²) in [4.78, 5) is 20.4. The lowest BCUT2D eigenvalue weighted by Gasteiger charge is -2.36. The standard InChI is InChI=1S/C22H37N5OS.HI/c1-3-24-21(26-18-9-13-27(14-10-18)16-20(28)23-2)25-17-22(11-5-4-6-12-22)19-8-7-15-29-19;/h7-8,15,18H,3-6,9-14,16-17H2,1-2H3,(H,23,28)(H2,24,25,26);1H. The molecule has 8 heteroatoms. The van der Waals surface area contributed by atoms with Crippen molar-refractivity contribution < 1.29 is 4.79 Å². The molecule has 1 aromatic rings. The molecule has 2 heterocycles. The molecule has 1 amide bonds. The molecule has 0 aromatic carbocycles. The van der Waals surface area contributed by atoms with Crippen LogP contribution >= 0.6 is 35.3 Å². The zero-order valence-electron chi connectivity index (χ0n) is 18.4. The molecule has 0 spiro atoms. The molecule has 0 atom stereocenters. The number of likely N-dealkylation sites (tertiary alicyclic amines) is 1. The highest BCUT2D eigenvalue weighted by Gasteiger charge is 2.35. The largest absolute Gasteiger partial charge is 0.358 e. The number of hydrogen-bond donors (Lipinski definition) is 3. The minimum absolute atomic E-state index is 0. The van der Waals surface area contributed by atoms with E-state index in [-0.39, 0.29) is 35.3 Å². The molecule has 30 heavy (non-hydrogen) atoms. The molecular weight excluding hydrogens is 509 g/mol. The fraction of sp³-hybridized carbons (Fsp3) is 0.727. The quantitative estimate of drug-likeness (QED) is 0.279. The lowest BCUT2D eigenvalue weighted by atomic mass is 9.73. The van der Waals surface area contributed by atoms with Gasteiger partial charge in [0.15, 0.2) is 5.96 Å². The average molecular weight is 548 g/mol. The number of carbonyl (C=O) groups excluding carboxylic acids is 1. The van der Waals surface area contributed by atoms with Gasteiger partial charge in [0.2, 0.25) is 5.91 Å². The van der Waals surface area contributed by atoms with Crippen molar-refractivity contribution in [3.63, 3.8) is 0 Å². The summed E-state index contributed by atoms with van der Waals surface area (Å²) in [5.41, 5.74) is 0.214. The van der Waals surface area contributed by atoms with Gasteiger partial charge in [-0.1, -0.05) is 25.3 Å². The van der Waals surface area contributed by atoms with Gasteiger partial charge in [-0.25, -0.2) is 0 Å². The molecule has 0 bridgehead atoms. The highest BCUT2D eigenvalue weighted by atomic mass is 127. The van der Waals surface area contributed by atoms with E-state index in [0.717, 1.165) is 45.0 Å².